The molecule has 1 N–H and O–H groups in total. The molecule has 0 amide bonds. The van der Waals surface area contributed by atoms with Crippen LogP contribution >= 0.6 is 0 Å². The molecule has 0 aliphatic rings. The second kappa shape index (κ2) is 8.62. The van der Waals surface area contributed by atoms with E-state index >= 15 is 0 Å². The molecule has 0 aromatic heterocycles. The van der Waals surface area contributed by atoms with Crippen LogP contribution in [0.25, 0.3) is 0 Å². The molecule has 0 atom stereocenters. The summed E-state index contributed by atoms with van der Waals surface area (Å²) >= 11 is 0. The quantitative estimate of drug-likeness (QED) is 0.498. The number of unbranched alkanes of at least 4 members (excludes halogenated alkanes) is 1. The van der Waals surface area contributed by atoms with E-state index in [0.717, 1.165) is 19.5 Å². The Bertz CT molecular complexity index is 185. The Kier molecular flexibility index (Phi) is 8.35. The second-order valence-corrected chi connectivity index (χ2v) is 4.37. The van der Waals surface area contributed by atoms with Crippen LogP contribution in [0.2, 0.25) is 0 Å². The molecule has 1 nitrogen and oxygen atoms in total. The Morgan fingerprint density at radius 1 is 1.12 bits per heavy atom. The van der Waals surface area contributed by atoms with Gasteiger partial charge in [0.15, 0.2) is 0 Å². The van der Waals surface area contributed by atoms with Crippen LogP contribution in [0.5, 0.6) is 0 Å². The van der Waals surface area contributed by atoms with Crippen molar-refractivity contribution in [2.45, 2.75) is 45.7 Å². The minimum Gasteiger partial charge on any atom is -0.316 e. The normalized spacial score (nSPS) is 12.9. The maximum absolute atomic E-state index is 11.8. The van der Waals surface area contributed by atoms with Crippen LogP contribution in [-0.2, 0) is 0 Å². The number of alkyl halides is 3. The maximum Gasteiger partial charge on any atom is 0.389 e. The highest BCUT2D eigenvalue weighted by molar-refractivity contribution is 4.82. The molecule has 4 heteroatoms. The summed E-state index contributed by atoms with van der Waals surface area (Å²) in [7, 11) is 0. The summed E-state index contributed by atoms with van der Waals surface area (Å²) in [5, 5.41) is 3.27. The number of nitrogens with one attached hydrogen (secondary N) is 1. The van der Waals surface area contributed by atoms with Gasteiger partial charge in [0.1, 0.15) is 0 Å². The first-order valence-corrected chi connectivity index (χ1v) is 5.84. The molecule has 0 heterocycles. The van der Waals surface area contributed by atoms with Crippen molar-refractivity contribution in [1.82, 2.24) is 5.32 Å². The Balaban J connectivity index is 3.23. The smallest absolute Gasteiger partial charge is 0.316 e. The van der Waals surface area contributed by atoms with E-state index in [1.807, 2.05) is 12.2 Å². The van der Waals surface area contributed by atoms with Gasteiger partial charge in [0, 0.05) is 6.42 Å². The van der Waals surface area contributed by atoms with Gasteiger partial charge in [0.25, 0.3) is 0 Å². The van der Waals surface area contributed by atoms with Crippen molar-refractivity contribution < 1.29 is 13.2 Å². The van der Waals surface area contributed by atoms with Crippen molar-refractivity contribution in [3.05, 3.63) is 12.2 Å². The molecule has 0 unspecified atom stereocenters. The molecule has 0 aromatic carbocycles. The van der Waals surface area contributed by atoms with E-state index in [2.05, 4.69) is 19.2 Å². The monoisotopic (exact) mass is 237 g/mol. The van der Waals surface area contributed by atoms with Crippen LogP contribution in [0.3, 0.4) is 0 Å². The highest BCUT2D eigenvalue weighted by Gasteiger charge is 2.25. The summed E-state index contributed by atoms with van der Waals surface area (Å²) in [5.74, 6) is 0.635. The lowest BCUT2D eigenvalue weighted by Gasteiger charge is -2.05. The van der Waals surface area contributed by atoms with Gasteiger partial charge in [-0.05, 0) is 38.3 Å². The topological polar surface area (TPSA) is 12.0 Å². The molecule has 0 radical (unpaired) electrons. The summed E-state index contributed by atoms with van der Waals surface area (Å²) in [4.78, 5) is 0. The Morgan fingerprint density at radius 3 is 2.31 bits per heavy atom. The first-order chi connectivity index (χ1) is 7.42. The number of halogens is 3. The molecular formula is C12H22F3N. The van der Waals surface area contributed by atoms with E-state index in [0.29, 0.717) is 12.3 Å². The van der Waals surface area contributed by atoms with Gasteiger partial charge in [0.2, 0.25) is 0 Å². The predicted molar refractivity (Wildman–Crippen MR) is 61.4 cm³/mol. The molecule has 0 spiro atoms. The van der Waals surface area contributed by atoms with Gasteiger partial charge in [-0.2, -0.15) is 13.2 Å². The summed E-state index contributed by atoms with van der Waals surface area (Å²) in [6.45, 7) is 6.16. The molecule has 0 aromatic rings. The zero-order chi connectivity index (χ0) is 12.4. The van der Waals surface area contributed by atoms with E-state index in [1.165, 1.54) is 0 Å². The molecule has 0 saturated heterocycles. The lowest BCUT2D eigenvalue weighted by atomic mass is 10.2. The molecule has 16 heavy (non-hydrogen) atoms. The molecule has 0 aliphatic carbocycles. The first kappa shape index (κ1) is 15.5. The molecule has 0 bridgehead atoms. The third kappa shape index (κ3) is 13.5. The first-order valence-electron chi connectivity index (χ1n) is 5.84. The summed E-state index contributed by atoms with van der Waals surface area (Å²) in [6.07, 6.45) is 0.698. The third-order valence-electron chi connectivity index (χ3n) is 2.04. The fraction of sp³-hybridized carbons (Fsp3) is 0.833. The van der Waals surface area contributed by atoms with Crippen molar-refractivity contribution in [1.29, 1.82) is 0 Å². The van der Waals surface area contributed by atoms with Crippen LogP contribution in [0.15, 0.2) is 12.2 Å². The summed E-state index contributed by atoms with van der Waals surface area (Å²) < 4.78 is 35.3. The summed E-state index contributed by atoms with van der Waals surface area (Å²) in [5.41, 5.74) is 0. The van der Waals surface area contributed by atoms with Gasteiger partial charge in [-0.3, -0.25) is 0 Å². The van der Waals surface area contributed by atoms with Crippen LogP contribution in [0.1, 0.15) is 39.5 Å². The van der Waals surface area contributed by atoms with Crippen molar-refractivity contribution >= 4 is 0 Å². The Hall–Kier alpha value is -0.510. The second-order valence-electron chi connectivity index (χ2n) is 4.37. The number of rotatable bonds is 8. The van der Waals surface area contributed by atoms with Crippen molar-refractivity contribution in [3.8, 4) is 0 Å². The van der Waals surface area contributed by atoms with Gasteiger partial charge >= 0.3 is 6.18 Å². The predicted octanol–water partition coefficient (Wildman–Crippen LogP) is 3.91. The van der Waals surface area contributed by atoms with Crippen LogP contribution < -0.4 is 5.32 Å². The van der Waals surface area contributed by atoms with E-state index in [9.17, 15) is 13.2 Å². The third-order valence-corrected chi connectivity index (χ3v) is 2.04. The fourth-order valence-electron chi connectivity index (χ4n) is 1.23. The molecule has 96 valence electrons. The number of hydrogen-bond donors (Lipinski definition) is 1. The van der Waals surface area contributed by atoms with Crippen LogP contribution in [0.4, 0.5) is 13.2 Å². The van der Waals surface area contributed by atoms with E-state index < -0.39 is 12.6 Å². The minimum absolute atomic E-state index is 0.194. The Morgan fingerprint density at radius 2 is 1.75 bits per heavy atom. The van der Waals surface area contributed by atoms with Crippen molar-refractivity contribution in [2.75, 3.05) is 13.1 Å². The highest BCUT2D eigenvalue weighted by atomic mass is 19.4. The van der Waals surface area contributed by atoms with Gasteiger partial charge < -0.3 is 5.32 Å². The largest absolute Gasteiger partial charge is 0.389 e. The Labute approximate surface area is 96.1 Å². The number of allylic oxidation sites excluding steroid dienone is 1. The van der Waals surface area contributed by atoms with E-state index in [-0.39, 0.29) is 6.42 Å². The zero-order valence-corrected chi connectivity index (χ0v) is 10.1. The molecule has 0 fully saturated rings. The average Bonchev–Trinajstić information content (AvgIpc) is 2.13. The van der Waals surface area contributed by atoms with Gasteiger partial charge in [0.05, 0.1) is 0 Å². The maximum atomic E-state index is 11.8. The molecular weight excluding hydrogens is 215 g/mol. The fourth-order valence-corrected chi connectivity index (χ4v) is 1.23. The van der Waals surface area contributed by atoms with Gasteiger partial charge in [-0.25, -0.2) is 0 Å². The zero-order valence-electron chi connectivity index (χ0n) is 10.1. The lowest BCUT2D eigenvalue weighted by molar-refractivity contribution is -0.135. The van der Waals surface area contributed by atoms with Crippen LogP contribution in [0, 0.1) is 5.92 Å². The SMILES string of the molecule is CC(C)CNCC/C=C/CCCC(F)(F)F. The number of hydrogen-bond acceptors (Lipinski definition) is 1. The standard InChI is InChI=1S/C12H22F3N/c1-11(2)10-16-9-7-5-3-4-6-8-12(13,14)15/h3,5,11,16H,4,6-10H2,1-2H3/b5-3+. The summed E-state index contributed by atoms with van der Waals surface area (Å²) in [6, 6.07) is 0. The van der Waals surface area contributed by atoms with Crippen LogP contribution in [-0.4, -0.2) is 19.3 Å². The highest BCUT2D eigenvalue weighted by Crippen LogP contribution is 2.22. The molecule has 0 rings (SSSR count). The molecule has 0 saturated carbocycles. The van der Waals surface area contributed by atoms with E-state index in [1.54, 1.807) is 0 Å². The molecule has 0 aliphatic heterocycles. The minimum atomic E-state index is -4.01. The van der Waals surface area contributed by atoms with Crippen molar-refractivity contribution in [3.63, 3.8) is 0 Å². The van der Waals surface area contributed by atoms with Crippen molar-refractivity contribution in [2.24, 2.45) is 5.92 Å². The lowest BCUT2D eigenvalue weighted by Crippen LogP contribution is -2.20. The van der Waals surface area contributed by atoms with Gasteiger partial charge in [-0.15, -0.1) is 0 Å². The van der Waals surface area contributed by atoms with Gasteiger partial charge in [-0.1, -0.05) is 26.0 Å². The average molecular weight is 237 g/mol. The van der Waals surface area contributed by atoms with E-state index in [4.69, 9.17) is 0 Å².